The van der Waals surface area contributed by atoms with Crippen LogP contribution in [0.25, 0.3) is 0 Å². The normalized spacial score (nSPS) is 12.8. The van der Waals surface area contributed by atoms with Crippen LogP contribution in [0.3, 0.4) is 0 Å². The highest BCUT2D eigenvalue weighted by Gasteiger charge is 2.31. The van der Waals surface area contributed by atoms with Gasteiger partial charge in [0.1, 0.15) is 18.1 Å². The maximum absolute atomic E-state index is 11.2. The Morgan fingerprint density at radius 1 is 1.53 bits per heavy atom. The molecule has 1 aromatic rings. The van der Waals surface area contributed by atoms with Crippen molar-refractivity contribution in [3.63, 3.8) is 0 Å². The van der Waals surface area contributed by atoms with Crippen molar-refractivity contribution in [3.8, 4) is 0 Å². The Labute approximate surface area is 110 Å². The fourth-order valence-electron chi connectivity index (χ4n) is 1.62. The van der Waals surface area contributed by atoms with E-state index in [4.69, 9.17) is 0 Å². The van der Waals surface area contributed by atoms with Gasteiger partial charge in [0.25, 0.3) is 5.69 Å². The van der Waals surface area contributed by atoms with Gasteiger partial charge < -0.3 is 10.4 Å². The highest BCUT2D eigenvalue weighted by Crippen LogP contribution is 2.25. The maximum atomic E-state index is 11.2. The van der Waals surface area contributed by atoms with Crippen LogP contribution in [0.15, 0.2) is 12.3 Å². The highest BCUT2D eigenvalue weighted by atomic mass is 16.6. The molecule has 0 saturated heterocycles. The van der Waals surface area contributed by atoms with E-state index in [0.29, 0.717) is 11.4 Å². The summed E-state index contributed by atoms with van der Waals surface area (Å²) in [4.78, 5) is 25.2. The van der Waals surface area contributed by atoms with Gasteiger partial charge in [-0.2, -0.15) is 0 Å². The second kappa shape index (κ2) is 5.21. The van der Waals surface area contributed by atoms with Crippen molar-refractivity contribution in [2.75, 3.05) is 5.32 Å². The molecule has 0 aromatic carbocycles. The fraction of sp³-hybridized carbons (Fsp3) is 0.500. The minimum absolute atomic E-state index is 0.0896. The SMILES string of the molecule is Cc1cc(NC(C(=O)O)C(C)(C)C)ncc1[N+](=O)[O-]. The summed E-state index contributed by atoms with van der Waals surface area (Å²) in [5.74, 6) is -0.685. The first kappa shape index (κ1) is 14.9. The van der Waals surface area contributed by atoms with E-state index in [9.17, 15) is 20.0 Å². The maximum Gasteiger partial charge on any atom is 0.326 e. The zero-order chi connectivity index (χ0) is 14.8. The molecule has 0 bridgehead atoms. The molecule has 19 heavy (non-hydrogen) atoms. The molecular formula is C12H17N3O4. The monoisotopic (exact) mass is 267 g/mol. The lowest BCUT2D eigenvalue weighted by atomic mass is 9.87. The molecule has 0 amide bonds. The largest absolute Gasteiger partial charge is 0.480 e. The number of aliphatic carboxylic acids is 1. The minimum Gasteiger partial charge on any atom is -0.480 e. The molecule has 0 aliphatic heterocycles. The smallest absolute Gasteiger partial charge is 0.326 e. The lowest BCUT2D eigenvalue weighted by molar-refractivity contribution is -0.385. The van der Waals surface area contributed by atoms with Gasteiger partial charge in [-0.05, 0) is 18.4 Å². The number of hydrogen-bond donors (Lipinski definition) is 2. The van der Waals surface area contributed by atoms with Crippen LogP contribution in [-0.4, -0.2) is 27.0 Å². The molecule has 1 atom stereocenters. The van der Waals surface area contributed by atoms with E-state index in [1.165, 1.54) is 6.07 Å². The number of aromatic nitrogens is 1. The second-order valence-electron chi connectivity index (χ2n) is 5.39. The van der Waals surface area contributed by atoms with E-state index >= 15 is 0 Å². The van der Waals surface area contributed by atoms with E-state index < -0.39 is 22.3 Å². The molecule has 0 aliphatic carbocycles. The summed E-state index contributed by atoms with van der Waals surface area (Å²) in [6.07, 6.45) is 1.12. The first-order chi connectivity index (χ1) is 8.62. The molecule has 104 valence electrons. The van der Waals surface area contributed by atoms with Crippen LogP contribution in [0, 0.1) is 22.5 Å². The van der Waals surface area contributed by atoms with E-state index in [2.05, 4.69) is 10.3 Å². The molecule has 1 rings (SSSR count). The number of nitrogens with one attached hydrogen (secondary N) is 1. The highest BCUT2D eigenvalue weighted by molar-refractivity contribution is 5.78. The van der Waals surface area contributed by atoms with Crippen LogP contribution in [0.4, 0.5) is 11.5 Å². The zero-order valence-electron chi connectivity index (χ0n) is 11.3. The van der Waals surface area contributed by atoms with Crippen molar-refractivity contribution >= 4 is 17.5 Å². The van der Waals surface area contributed by atoms with Gasteiger partial charge in [-0.15, -0.1) is 0 Å². The number of pyridine rings is 1. The molecular weight excluding hydrogens is 250 g/mol. The van der Waals surface area contributed by atoms with Crippen molar-refractivity contribution in [1.29, 1.82) is 0 Å². The third-order valence-electron chi connectivity index (χ3n) is 2.69. The number of aryl methyl sites for hydroxylation is 1. The van der Waals surface area contributed by atoms with Crippen molar-refractivity contribution < 1.29 is 14.8 Å². The van der Waals surface area contributed by atoms with E-state index in [-0.39, 0.29) is 5.69 Å². The number of anilines is 1. The Bertz CT molecular complexity index is 508. The van der Waals surface area contributed by atoms with Gasteiger partial charge in [0.15, 0.2) is 0 Å². The molecule has 1 heterocycles. The molecule has 1 aromatic heterocycles. The Hall–Kier alpha value is -2.18. The minimum atomic E-state index is -0.995. The van der Waals surface area contributed by atoms with Crippen LogP contribution in [0.1, 0.15) is 26.3 Å². The van der Waals surface area contributed by atoms with E-state index in [1.54, 1.807) is 27.7 Å². The molecule has 0 saturated carbocycles. The molecule has 7 heteroatoms. The molecule has 0 spiro atoms. The van der Waals surface area contributed by atoms with Crippen LogP contribution >= 0.6 is 0 Å². The van der Waals surface area contributed by atoms with Gasteiger partial charge >= 0.3 is 5.97 Å². The summed E-state index contributed by atoms with van der Waals surface area (Å²) in [7, 11) is 0. The standard InChI is InChI=1S/C12H17N3O4/c1-7-5-9(13-6-8(7)15(18)19)14-10(11(16)17)12(2,3)4/h5-6,10H,1-4H3,(H,13,14)(H,16,17). The predicted octanol–water partition coefficient (Wildman–Crippen LogP) is 2.21. The number of carboxylic acids is 1. The fourth-order valence-corrected chi connectivity index (χ4v) is 1.62. The molecule has 0 aliphatic rings. The Morgan fingerprint density at radius 3 is 2.47 bits per heavy atom. The van der Waals surface area contributed by atoms with Gasteiger partial charge in [0.05, 0.1) is 4.92 Å². The summed E-state index contributed by atoms with van der Waals surface area (Å²) in [5, 5.41) is 22.6. The van der Waals surface area contributed by atoms with Crippen LogP contribution in [0.5, 0.6) is 0 Å². The number of carboxylic acid groups (broad SMARTS) is 1. The first-order valence-corrected chi connectivity index (χ1v) is 5.73. The quantitative estimate of drug-likeness (QED) is 0.640. The lowest BCUT2D eigenvalue weighted by Crippen LogP contribution is -2.41. The molecule has 7 nitrogen and oxygen atoms in total. The van der Waals surface area contributed by atoms with Gasteiger partial charge in [-0.25, -0.2) is 9.78 Å². The van der Waals surface area contributed by atoms with E-state index in [1.807, 2.05) is 0 Å². The van der Waals surface area contributed by atoms with Crippen molar-refractivity contribution in [1.82, 2.24) is 4.98 Å². The number of carbonyl (C=O) groups is 1. The first-order valence-electron chi connectivity index (χ1n) is 5.73. The van der Waals surface area contributed by atoms with Gasteiger partial charge in [0, 0.05) is 5.56 Å². The Morgan fingerprint density at radius 2 is 2.11 bits per heavy atom. The van der Waals surface area contributed by atoms with Gasteiger partial charge in [-0.1, -0.05) is 20.8 Å². The lowest BCUT2D eigenvalue weighted by Gasteiger charge is -2.28. The van der Waals surface area contributed by atoms with Crippen molar-refractivity contribution in [2.45, 2.75) is 33.7 Å². The molecule has 0 radical (unpaired) electrons. The van der Waals surface area contributed by atoms with Crippen molar-refractivity contribution in [3.05, 3.63) is 27.9 Å². The summed E-state index contributed by atoms with van der Waals surface area (Å²) >= 11 is 0. The third kappa shape index (κ3) is 3.64. The Kier molecular flexibility index (Phi) is 4.08. The molecule has 1 unspecified atom stereocenters. The summed E-state index contributed by atoms with van der Waals surface area (Å²) in [6, 6.07) is 0.639. The van der Waals surface area contributed by atoms with Crippen LogP contribution in [-0.2, 0) is 4.79 Å². The number of hydrogen-bond acceptors (Lipinski definition) is 5. The topological polar surface area (TPSA) is 105 Å². The predicted molar refractivity (Wildman–Crippen MR) is 70.1 cm³/mol. The van der Waals surface area contributed by atoms with E-state index in [0.717, 1.165) is 6.20 Å². The number of nitro groups is 1. The molecule has 0 fully saturated rings. The summed E-state index contributed by atoms with van der Waals surface area (Å²) in [6.45, 7) is 6.95. The third-order valence-corrected chi connectivity index (χ3v) is 2.69. The average molecular weight is 267 g/mol. The summed E-state index contributed by atoms with van der Waals surface area (Å²) in [5.41, 5.74) is -0.169. The number of rotatable bonds is 4. The van der Waals surface area contributed by atoms with Crippen molar-refractivity contribution in [2.24, 2.45) is 5.41 Å². The second-order valence-corrected chi connectivity index (χ2v) is 5.39. The van der Waals surface area contributed by atoms with Gasteiger partial charge in [-0.3, -0.25) is 10.1 Å². The van der Waals surface area contributed by atoms with Crippen LogP contribution in [0.2, 0.25) is 0 Å². The number of nitrogens with zero attached hydrogens (tertiary/aromatic N) is 2. The van der Waals surface area contributed by atoms with Gasteiger partial charge in [0.2, 0.25) is 0 Å². The zero-order valence-corrected chi connectivity index (χ0v) is 11.3. The Balaban J connectivity index is 3.02. The molecule has 2 N–H and O–H groups in total. The summed E-state index contributed by atoms with van der Waals surface area (Å²) < 4.78 is 0. The average Bonchev–Trinajstić information content (AvgIpc) is 2.23. The van der Waals surface area contributed by atoms with Crippen LogP contribution < -0.4 is 5.32 Å².